The molecular weight excluding hydrogens is 556 g/mol. The van der Waals surface area contributed by atoms with Gasteiger partial charge in [0.2, 0.25) is 0 Å². The van der Waals surface area contributed by atoms with Crippen LogP contribution in [0.15, 0.2) is 158 Å². The summed E-state index contributed by atoms with van der Waals surface area (Å²) >= 11 is 0. The van der Waals surface area contributed by atoms with Crippen molar-refractivity contribution in [2.75, 3.05) is 0 Å². The van der Waals surface area contributed by atoms with E-state index >= 15 is 0 Å². The molecule has 0 amide bonds. The van der Waals surface area contributed by atoms with Gasteiger partial charge >= 0.3 is 26.2 Å². The maximum absolute atomic E-state index is 9.63. The molecular formula is C36H34O2Zr. The zero-order valence-corrected chi connectivity index (χ0v) is 24.9. The zero-order chi connectivity index (χ0) is 27.0. The predicted molar refractivity (Wildman–Crippen MR) is 161 cm³/mol. The van der Waals surface area contributed by atoms with Crippen LogP contribution >= 0.6 is 0 Å². The molecule has 0 spiro atoms. The van der Waals surface area contributed by atoms with E-state index in [1.807, 2.05) is 146 Å². The minimum atomic E-state index is 0. The molecule has 0 radical (unpaired) electrons. The first-order valence-corrected chi connectivity index (χ1v) is 12.6. The minimum absolute atomic E-state index is 0. The number of rotatable bonds is 2. The molecule has 0 aromatic heterocycles. The summed E-state index contributed by atoms with van der Waals surface area (Å²) in [6, 6.07) is 51.0. The summed E-state index contributed by atoms with van der Waals surface area (Å²) in [4.78, 5) is 0. The second-order valence-corrected chi connectivity index (χ2v) is 8.69. The zero-order valence-electron chi connectivity index (χ0n) is 22.4. The van der Waals surface area contributed by atoms with Gasteiger partial charge in [-0.2, -0.15) is 36.4 Å². The van der Waals surface area contributed by atoms with Gasteiger partial charge in [-0.3, -0.25) is 0 Å². The maximum Gasteiger partial charge on any atom is 2.00 e. The Bertz CT molecular complexity index is 1270. The third-order valence-electron chi connectivity index (χ3n) is 5.64. The summed E-state index contributed by atoms with van der Waals surface area (Å²) in [6.07, 6.45) is 0. The molecule has 2 nitrogen and oxygen atoms in total. The Balaban J connectivity index is 0.000000199. The van der Waals surface area contributed by atoms with Gasteiger partial charge in [0.05, 0.1) is 0 Å². The Labute approximate surface area is 251 Å². The summed E-state index contributed by atoms with van der Waals surface area (Å²) in [5, 5.41) is 19.3. The van der Waals surface area contributed by atoms with Gasteiger partial charge in [0.25, 0.3) is 0 Å². The summed E-state index contributed by atoms with van der Waals surface area (Å²) in [5.41, 5.74) is 6.32. The van der Waals surface area contributed by atoms with E-state index in [1.165, 1.54) is 11.1 Å². The van der Waals surface area contributed by atoms with Gasteiger partial charge in [0, 0.05) is 11.1 Å². The molecule has 0 bridgehead atoms. The third-order valence-corrected chi connectivity index (χ3v) is 5.64. The molecule has 0 saturated carbocycles. The molecule has 0 fully saturated rings. The number of hydrogen-bond donors (Lipinski definition) is 2. The second kappa shape index (κ2) is 17.5. The molecule has 39 heavy (non-hydrogen) atoms. The SMILES string of the molecule is Cc1ccc(-c2ccccc2O)cc1.Cc1ccc(-c2ccccc2O)cc1.[Zr+2].c1cc[cH-]c1.c1cc[cH-]c1. The minimum Gasteiger partial charge on any atom is -0.507 e. The van der Waals surface area contributed by atoms with Crippen molar-refractivity contribution in [1.82, 2.24) is 0 Å². The standard InChI is InChI=1S/2C13H12O.2C5H5.Zr/c2*1-10-6-8-11(9-7-10)12-4-2-3-5-13(12)14;2*1-2-4-5-3-1;/h2*2-9,14H,1H3;2*1-5H;/q;;2*-1;+2. The molecule has 0 saturated heterocycles. The quantitative estimate of drug-likeness (QED) is 0.198. The Morgan fingerprint density at radius 3 is 0.974 bits per heavy atom. The van der Waals surface area contributed by atoms with Crippen LogP contribution in [0, 0.1) is 13.8 Å². The van der Waals surface area contributed by atoms with Crippen molar-refractivity contribution in [2.45, 2.75) is 13.8 Å². The largest absolute Gasteiger partial charge is 2.00 e. The molecule has 0 aliphatic rings. The maximum atomic E-state index is 9.63. The van der Waals surface area contributed by atoms with Crippen LogP contribution in [0.4, 0.5) is 0 Å². The number of hydrogen-bond acceptors (Lipinski definition) is 2. The number of para-hydroxylation sites is 2. The predicted octanol–water partition coefficient (Wildman–Crippen LogP) is 9.54. The number of phenolic OH excluding ortho intramolecular Hbond substituents is 2. The van der Waals surface area contributed by atoms with Gasteiger partial charge < -0.3 is 10.2 Å². The molecule has 194 valence electrons. The molecule has 6 aromatic rings. The van der Waals surface area contributed by atoms with Crippen molar-refractivity contribution >= 4 is 0 Å². The number of phenols is 2. The van der Waals surface area contributed by atoms with Crippen molar-refractivity contribution in [1.29, 1.82) is 0 Å². The Morgan fingerprint density at radius 2 is 0.718 bits per heavy atom. The fourth-order valence-corrected chi connectivity index (χ4v) is 3.54. The van der Waals surface area contributed by atoms with Crippen LogP contribution in [-0.4, -0.2) is 10.2 Å². The van der Waals surface area contributed by atoms with Gasteiger partial charge in [0.1, 0.15) is 11.5 Å². The summed E-state index contributed by atoms with van der Waals surface area (Å²) in [7, 11) is 0. The summed E-state index contributed by atoms with van der Waals surface area (Å²) in [6.45, 7) is 4.10. The van der Waals surface area contributed by atoms with Gasteiger partial charge in [-0.05, 0) is 37.1 Å². The van der Waals surface area contributed by atoms with Crippen molar-refractivity contribution in [3.8, 4) is 33.8 Å². The number of benzene rings is 4. The van der Waals surface area contributed by atoms with Crippen LogP contribution in [0.25, 0.3) is 22.3 Å². The van der Waals surface area contributed by atoms with Crippen molar-refractivity contribution < 1.29 is 36.4 Å². The van der Waals surface area contributed by atoms with Gasteiger partial charge in [0.15, 0.2) is 0 Å². The van der Waals surface area contributed by atoms with E-state index < -0.39 is 0 Å². The third kappa shape index (κ3) is 11.1. The first-order valence-electron chi connectivity index (χ1n) is 12.6. The average Bonchev–Trinajstić information content (AvgIpc) is 3.71. The fourth-order valence-electron chi connectivity index (χ4n) is 3.54. The van der Waals surface area contributed by atoms with Crippen molar-refractivity contribution in [3.05, 3.63) is 169 Å². The van der Waals surface area contributed by atoms with Crippen LogP contribution in [0.5, 0.6) is 11.5 Å². The van der Waals surface area contributed by atoms with E-state index in [0.29, 0.717) is 11.5 Å². The molecule has 3 heteroatoms. The summed E-state index contributed by atoms with van der Waals surface area (Å²) < 4.78 is 0. The number of aromatic hydroxyl groups is 2. The summed E-state index contributed by atoms with van der Waals surface area (Å²) in [5.74, 6) is 0.660. The molecule has 0 heterocycles. The Hall–Kier alpha value is -3.94. The van der Waals surface area contributed by atoms with E-state index in [-0.39, 0.29) is 26.2 Å². The Kier molecular flexibility index (Phi) is 14.1. The van der Waals surface area contributed by atoms with Crippen LogP contribution in [0.3, 0.4) is 0 Å². The van der Waals surface area contributed by atoms with E-state index in [2.05, 4.69) is 13.8 Å². The molecule has 0 aliphatic heterocycles. The number of aryl methyl sites for hydroxylation is 2. The van der Waals surface area contributed by atoms with Crippen LogP contribution in [-0.2, 0) is 26.2 Å². The van der Waals surface area contributed by atoms with Gasteiger partial charge in [-0.15, -0.1) is 0 Å². The smallest absolute Gasteiger partial charge is 0.507 e. The van der Waals surface area contributed by atoms with E-state index in [1.54, 1.807) is 12.1 Å². The normalized spacial score (nSPS) is 9.28. The Morgan fingerprint density at radius 1 is 0.410 bits per heavy atom. The second-order valence-electron chi connectivity index (χ2n) is 8.69. The molecule has 6 aromatic carbocycles. The topological polar surface area (TPSA) is 40.5 Å². The molecule has 0 unspecified atom stereocenters. The molecule has 0 atom stereocenters. The van der Waals surface area contributed by atoms with Crippen LogP contribution < -0.4 is 0 Å². The molecule has 2 N–H and O–H groups in total. The van der Waals surface area contributed by atoms with Crippen LogP contribution in [0.1, 0.15) is 11.1 Å². The van der Waals surface area contributed by atoms with E-state index in [4.69, 9.17) is 0 Å². The monoisotopic (exact) mass is 588 g/mol. The van der Waals surface area contributed by atoms with Gasteiger partial charge in [-0.25, -0.2) is 24.3 Å². The first-order chi connectivity index (χ1) is 18.5. The average molecular weight is 590 g/mol. The molecule has 6 rings (SSSR count). The van der Waals surface area contributed by atoms with Crippen molar-refractivity contribution in [3.63, 3.8) is 0 Å². The fraction of sp³-hybridized carbons (Fsp3) is 0.0556. The van der Waals surface area contributed by atoms with Gasteiger partial charge in [-0.1, -0.05) is 96.1 Å². The molecule has 0 aliphatic carbocycles. The van der Waals surface area contributed by atoms with Crippen LogP contribution in [0.2, 0.25) is 0 Å². The van der Waals surface area contributed by atoms with E-state index in [9.17, 15) is 10.2 Å². The first kappa shape index (κ1) is 31.3. The van der Waals surface area contributed by atoms with Crippen molar-refractivity contribution in [2.24, 2.45) is 0 Å². The van der Waals surface area contributed by atoms with E-state index in [0.717, 1.165) is 22.3 Å².